The van der Waals surface area contributed by atoms with Crippen LogP contribution in [-0.4, -0.2) is 23.4 Å². The van der Waals surface area contributed by atoms with E-state index in [4.69, 9.17) is 5.11 Å². The van der Waals surface area contributed by atoms with Crippen molar-refractivity contribution < 1.29 is 10.2 Å². The minimum absolute atomic E-state index is 0.0223. The van der Waals surface area contributed by atoms with Crippen molar-refractivity contribution in [3.05, 3.63) is 23.8 Å². The van der Waals surface area contributed by atoms with Crippen molar-refractivity contribution in [2.75, 3.05) is 13.2 Å². The summed E-state index contributed by atoms with van der Waals surface area (Å²) in [6.07, 6.45) is 10.1. The van der Waals surface area contributed by atoms with E-state index in [9.17, 15) is 5.11 Å². The standard InChI is InChI=1S/C20H34O2/c1-15-6-9-18-19(2,3)11-5-12-20(18,4)17(15)8-7-16(14-22)10-13-21/h10,17-18,21-22H,1,5-9,11-14H2,2-4H3. The van der Waals surface area contributed by atoms with Gasteiger partial charge in [0.15, 0.2) is 0 Å². The van der Waals surface area contributed by atoms with E-state index >= 15 is 0 Å². The van der Waals surface area contributed by atoms with Crippen LogP contribution in [-0.2, 0) is 0 Å². The molecule has 2 nitrogen and oxygen atoms in total. The van der Waals surface area contributed by atoms with Gasteiger partial charge >= 0.3 is 0 Å². The highest BCUT2D eigenvalue weighted by atomic mass is 16.3. The van der Waals surface area contributed by atoms with Crippen LogP contribution < -0.4 is 0 Å². The Bertz CT molecular complexity index is 435. The fraction of sp³-hybridized carbons (Fsp3) is 0.800. The Hall–Kier alpha value is -0.600. The van der Waals surface area contributed by atoms with Gasteiger partial charge < -0.3 is 10.2 Å². The Labute approximate surface area is 136 Å². The van der Waals surface area contributed by atoms with Gasteiger partial charge in [-0.1, -0.05) is 45.4 Å². The van der Waals surface area contributed by atoms with E-state index in [0.29, 0.717) is 16.7 Å². The molecule has 2 fully saturated rings. The SMILES string of the molecule is C=C1CCC2C(C)(C)CCCC2(C)C1CCC(=CCO)CO. The lowest BCUT2D eigenvalue weighted by Crippen LogP contribution is -2.49. The van der Waals surface area contributed by atoms with Gasteiger partial charge in [0.05, 0.1) is 13.2 Å². The van der Waals surface area contributed by atoms with Crippen LogP contribution in [0, 0.1) is 22.7 Å². The highest BCUT2D eigenvalue weighted by Crippen LogP contribution is 2.61. The Balaban J connectivity index is 2.17. The summed E-state index contributed by atoms with van der Waals surface area (Å²) in [5.74, 6) is 1.34. The van der Waals surface area contributed by atoms with Gasteiger partial charge in [-0.25, -0.2) is 0 Å². The summed E-state index contributed by atoms with van der Waals surface area (Å²) in [6, 6.07) is 0. The first-order valence-corrected chi connectivity index (χ1v) is 8.92. The highest BCUT2D eigenvalue weighted by molar-refractivity contribution is 5.17. The third-order valence-electron chi connectivity index (χ3n) is 6.66. The van der Waals surface area contributed by atoms with E-state index in [0.717, 1.165) is 30.8 Å². The van der Waals surface area contributed by atoms with Gasteiger partial charge in [0.25, 0.3) is 0 Å². The van der Waals surface area contributed by atoms with Gasteiger partial charge in [0, 0.05) is 0 Å². The Kier molecular flexibility index (Phi) is 5.55. The van der Waals surface area contributed by atoms with Crippen LogP contribution in [0.2, 0.25) is 0 Å². The van der Waals surface area contributed by atoms with Gasteiger partial charge in [-0.3, -0.25) is 0 Å². The summed E-state index contributed by atoms with van der Waals surface area (Å²) in [7, 11) is 0. The van der Waals surface area contributed by atoms with Gasteiger partial charge in [-0.2, -0.15) is 0 Å². The third-order valence-corrected chi connectivity index (χ3v) is 6.66. The first-order chi connectivity index (χ1) is 10.3. The number of fused-ring (bicyclic) bond motifs is 1. The summed E-state index contributed by atoms with van der Waals surface area (Å²) in [5.41, 5.74) is 3.18. The Morgan fingerprint density at radius 3 is 2.64 bits per heavy atom. The fourth-order valence-corrected chi connectivity index (χ4v) is 5.51. The van der Waals surface area contributed by atoms with E-state index in [1.807, 2.05) is 0 Å². The summed E-state index contributed by atoms with van der Waals surface area (Å²) in [4.78, 5) is 0. The normalized spacial score (nSPS) is 35.3. The second-order valence-corrected chi connectivity index (χ2v) is 8.39. The summed E-state index contributed by atoms with van der Waals surface area (Å²) in [5, 5.41) is 18.5. The fourth-order valence-electron chi connectivity index (χ4n) is 5.51. The van der Waals surface area contributed by atoms with Gasteiger partial charge in [-0.15, -0.1) is 0 Å². The molecule has 2 heteroatoms. The Morgan fingerprint density at radius 1 is 1.27 bits per heavy atom. The van der Waals surface area contributed by atoms with Crippen molar-refractivity contribution in [3.8, 4) is 0 Å². The molecule has 0 heterocycles. The molecule has 2 rings (SSSR count). The van der Waals surface area contributed by atoms with Crippen LogP contribution in [0.25, 0.3) is 0 Å². The van der Waals surface area contributed by atoms with E-state index in [1.165, 1.54) is 31.3 Å². The molecular formula is C20H34O2. The van der Waals surface area contributed by atoms with Crippen LogP contribution in [0.15, 0.2) is 23.8 Å². The predicted molar refractivity (Wildman–Crippen MR) is 92.6 cm³/mol. The van der Waals surface area contributed by atoms with Crippen LogP contribution in [0.1, 0.15) is 65.7 Å². The van der Waals surface area contributed by atoms with Crippen molar-refractivity contribution in [2.24, 2.45) is 22.7 Å². The average Bonchev–Trinajstić information content (AvgIpc) is 2.44. The maximum absolute atomic E-state index is 9.43. The zero-order valence-electron chi connectivity index (χ0n) is 14.7. The first-order valence-electron chi connectivity index (χ1n) is 8.92. The number of allylic oxidation sites excluding steroid dienone is 1. The van der Waals surface area contributed by atoms with Crippen molar-refractivity contribution in [1.29, 1.82) is 0 Å². The molecule has 2 aliphatic carbocycles. The number of rotatable bonds is 5. The summed E-state index contributed by atoms with van der Waals surface area (Å²) >= 11 is 0. The lowest BCUT2D eigenvalue weighted by atomic mass is 9.47. The van der Waals surface area contributed by atoms with Crippen LogP contribution in [0.3, 0.4) is 0 Å². The topological polar surface area (TPSA) is 40.5 Å². The molecule has 2 saturated carbocycles. The molecule has 2 aliphatic rings. The van der Waals surface area contributed by atoms with Crippen molar-refractivity contribution in [1.82, 2.24) is 0 Å². The molecule has 0 amide bonds. The summed E-state index contributed by atoms with van der Waals surface area (Å²) < 4.78 is 0. The van der Waals surface area contributed by atoms with Crippen molar-refractivity contribution in [3.63, 3.8) is 0 Å². The lowest BCUT2D eigenvalue weighted by Gasteiger charge is -2.58. The number of hydrogen-bond donors (Lipinski definition) is 2. The zero-order chi connectivity index (χ0) is 16.4. The molecular weight excluding hydrogens is 272 g/mol. The average molecular weight is 306 g/mol. The van der Waals surface area contributed by atoms with E-state index < -0.39 is 0 Å². The second-order valence-electron chi connectivity index (χ2n) is 8.39. The third kappa shape index (κ3) is 3.33. The quantitative estimate of drug-likeness (QED) is 0.735. The monoisotopic (exact) mass is 306 g/mol. The number of hydrogen-bond acceptors (Lipinski definition) is 2. The Morgan fingerprint density at radius 2 is 2.00 bits per heavy atom. The predicted octanol–water partition coefficient (Wildman–Crippen LogP) is 4.48. The molecule has 0 aromatic heterocycles. The molecule has 126 valence electrons. The molecule has 0 aromatic carbocycles. The van der Waals surface area contributed by atoms with Crippen LogP contribution in [0.5, 0.6) is 0 Å². The van der Waals surface area contributed by atoms with E-state index in [2.05, 4.69) is 27.4 Å². The van der Waals surface area contributed by atoms with Gasteiger partial charge in [-0.05, 0) is 66.8 Å². The maximum atomic E-state index is 9.43. The number of aliphatic hydroxyl groups excluding tert-OH is 2. The molecule has 22 heavy (non-hydrogen) atoms. The van der Waals surface area contributed by atoms with Gasteiger partial charge in [0.2, 0.25) is 0 Å². The van der Waals surface area contributed by atoms with E-state index in [1.54, 1.807) is 6.08 Å². The molecule has 2 N–H and O–H groups in total. The molecule has 0 saturated heterocycles. The highest BCUT2D eigenvalue weighted by Gasteiger charge is 2.52. The first kappa shape index (κ1) is 17.7. The minimum Gasteiger partial charge on any atom is -0.392 e. The summed E-state index contributed by atoms with van der Waals surface area (Å²) in [6.45, 7) is 11.9. The van der Waals surface area contributed by atoms with Crippen LogP contribution in [0.4, 0.5) is 0 Å². The van der Waals surface area contributed by atoms with E-state index in [-0.39, 0.29) is 13.2 Å². The largest absolute Gasteiger partial charge is 0.392 e. The lowest BCUT2D eigenvalue weighted by molar-refractivity contribution is -0.0540. The maximum Gasteiger partial charge on any atom is 0.0642 e. The van der Waals surface area contributed by atoms with Crippen molar-refractivity contribution >= 4 is 0 Å². The molecule has 0 bridgehead atoms. The molecule has 0 radical (unpaired) electrons. The number of aliphatic hydroxyl groups is 2. The van der Waals surface area contributed by atoms with Gasteiger partial charge in [0.1, 0.15) is 0 Å². The second kappa shape index (κ2) is 6.88. The molecule has 0 aromatic rings. The molecule has 3 unspecified atom stereocenters. The smallest absolute Gasteiger partial charge is 0.0642 e. The zero-order valence-corrected chi connectivity index (χ0v) is 14.7. The molecule has 0 spiro atoms. The minimum atomic E-state index is 0.0223. The van der Waals surface area contributed by atoms with Crippen LogP contribution >= 0.6 is 0 Å². The van der Waals surface area contributed by atoms with Crippen molar-refractivity contribution in [2.45, 2.75) is 65.7 Å². The molecule has 0 aliphatic heterocycles. The molecule has 3 atom stereocenters.